The molecule has 0 bridgehead atoms. The van der Waals surface area contributed by atoms with Crippen LogP contribution in [0.15, 0.2) is 66.7 Å². The second-order valence-electron chi connectivity index (χ2n) is 8.06. The van der Waals surface area contributed by atoms with Gasteiger partial charge in [-0.25, -0.2) is 4.98 Å². The molecule has 0 unspecified atom stereocenters. The lowest BCUT2D eigenvalue weighted by Crippen LogP contribution is -2.18. The molecule has 0 aliphatic rings. The molecule has 3 nitrogen and oxygen atoms in total. The molecule has 1 radical (unpaired) electrons. The quantitative estimate of drug-likeness (QED) is 0.377. The average molecular weight is 409 g/mol. The van der Waals surface area contributed by atoms with Gasteiger partial charge in [0.15, 0.2) is 0 Å². The second kappa shape index (κ2) is 7.20. The van der Waals surface area contributed by atoms with Gasteiger partial charge in [-0.3, -0.25) is 4.57 Å². The highest BCUT2D eigenvalue weighted by Gasteiger charge is 2.31. The Hall–Kier alpha value is -3.28. The topological polar surface area (TPSA) is 27.1 Å². The highest BCUT2D eigenvalue weighted by molar-refractivity contribution is 5.79. The Labute approximate surface area is 172 Å². The normalized spacial score (nSPS) is 12.3. The van der Waals surface area contributed by atoms with Crippen molar-refractivity contribution in [2.24, 2.45) is 0 Å². The Bertz CT molecular complexity index is 1190. The predicted molar refractivity (Wildman–Crippen MR) is 111 cm³/mol. The van der Waals surface area contributed by atoms with Crippen LogP contribution in [-0.4, -0.2) is 15.9 Å². The number of nitrogens with zero attached hydrogens (tertiary/aromatic N) is 2. The van der Waals surface area contributed by atoms with E-state index in [-0.39, 0.29) is 11.2 Å². The van der Waals surface area contributed by atoms with E-state index in [1.54, 1.807) is 12.1 Å². The first kappa shape index (κ1) is 20.0. The van der Waals surface area contributed by atoms with Gasteiger partial charge in [0.2, 0.25) is 0 Å². The monoisotopic (exact) mass is 409 g/mol. The Kier molecular flexibility index (Phi) is 4.80. The molecule has 0 fully saturated rings. The lowest BCUT2D eigenvalue weighted by atomic mass is 9.95. The van der Waals surface area contributed by atoms with Crippen molar-refractivity contribution in [2.75, 3.05) is 0 Å². The van der Waals surface area contributed by atoms with Crippen LogP contribution < -0.4 is 4.74 Å². The van der Waals surface area contributed by atoms with Crippen LogP contribution >= 0.6 is 0 Å². The summed E-state index contributed by atoms with van der Waals surface area (Å²) in [6, 6.07) is 22.5. The van der Waals surface area contributed by atoms with Crippen molar-refractivity contribution >= 4 is 11.0 Å². The van der Waals surface area contributed by atoms with E-state index in [4.69, 9.17) is 4.98 Å². The molecule has 4 aromatic rings. The van der Waals surface area contributed by atoms with E-state index in [0.717, 1.165) is 33.7 Å². The number of rotatable bonds is 3. The summed E-state index contributed by atoms with van der Waals surface area (Å²) in [5, 5.41) is 0. The van der Waals surface area contributed by atoms with Crippen LogP contribution in [0.3, 0.4) is 0 Å². The van der Waals surface area contributed by atoms with E-state index < -0.39 is 6.36 Å². The molecule has 1 heterocycles. The maximum Gasteiger partial charge on any atom is 0.573 e. The Morgan fingerprint density at radius 2 is 1.67 bits per heavy atom. The molecule has 4 rings (SSSR count). The Morgan fingerprint density at radius 3 is 2.33 bits per heavy atom. The summed E-state index contributed by atoms with van der Waals surface area (Å²) < 4.78 is 43.3. The van der Waals surface area contributed by atoms with E-state index in [1.165, 1.54) is 12.1 Å². The molecule has 0 saturated carbocycles. The predicted octanol–water partition coefficient (Wildman–Crippen LogP) is 6.69. The molecular weight excluding hydrogens is 389 g/mol. The number of alkyl halides is 3. The summed E-state index contributed by atoms with van der Waals surface area (Å²) in [5.74, 6) is 0.678. The lowest BCUT2D eigenvalue weighted by Gasteiger charge is -2.20. The van der Waals surface area contributed by atoms with Gasteiger partial charge in [0, 0.05) is 11.1 Å². The molecule has 30 heavy (non-hydrogen) atoms. The molecule has 0 atom stereocenters. The maximum absolute atomic E-state index is 12.4. The van der Waals surface area contributed by atoms with Crippen molar-refractivity contribution in [1.29, 1.82) is 0 Å². The van der Waals surface area contributed by atoms with Crippen molar-refractivity contribution in [3.63, 3.8) is 0 Å². The summed E-state index contributed by atoms with van der Waals surface area (Å²) in [6.45, 7) is 6.33. The highest BCUT2D eigenvalue weighted by atomic mass is 19.4. The van der Waals surface area contributed by atoms with E-state index in [0.29, 0.717) is 0 Å². The van der Waals surface area contributed by atoms with Gasteiger partial charge in [0.05, 0.1) is 11.0 Å². The minimum atomic E-state index is -4.70. The van der Waals surface area contributed by atoms with Gasteiger partial charge in [-0.1, -0.05) is 51.1 Å². The fraction of sp³-hybridized carbons (Fsp3) is 0.208. The number of imidazole rings is 1. The SMILES string of the molecule is CC(C)(C)c1nc2cc[c]cc2n1-c1cccc(-c2ccc(OC(F)(F)F)cc2)c1. The van der Waals surface area contributed by atoms with Gasteiger partial charge in [-0.2, -0.15) is 0 Å². The van der Waals surface area contributed by atoms with Gasteiger partial charge in [0.1, 0.15) is 11.6 Å². The highest BCUT2D eigenvalue weighted by Crippen LogP contribution is 2.32. The third kappa shape index (κ3) is 4.03. The lowest BCUT2D eigenvalue weighted by molar-refractivity contribution is -0.274. The zero-order valence-electron chi connectivity index (χ0n) is 16.8. The number of aromatic nitrogens is 2. The summed E-state index contributed by atoms with van der Waals surface area (Å²) in [5.41, 5.74) is 4.25. The molecule has 0 saturated heterocycles. The first-order chi connectivity index (χ1) is 14.1. The van der Waals surface area contributed by atoms with Crippen LogP contribution in [0.1, 0.15) is 26.6 Å². The van der Waals surface area contributed by atoms with Crippen LogP contribution in [0, 0.1) is 6.07 Å². The molecule has 153 valence electrons. The van der Waals surface area contributed by atoms with Crippen molar-refractivity contribution in [2.45, 2.75) is 32.5 Å². The Morgan fingerprint density at radius 1 is 0.933 bits per heavy atom. The van der Waals surface area contributed by atoms with Crippen LogP contribution in [0.4, 0.5) is 13.2 Å². The first-order valence-corrected chi connectivity index (χ1v) is 9.47. The molecule has 0 aliphatic heterocycles. The third-order valence-electron chi connectivity index (χ3n) is 4.70. The molecule has 0 spiro atoms. The van der Waals surface area contributed by atoms with Crippen LogP contribution in [0.25, 0.3) is 27.8 Å². The summed E-state index contributed by atoms with van der Waals surface area (Å²) in [6.07, 6.45) is -4.70. The zero-order chi connectivity index (χ0) is 21.5. The van der Waals surface area contributed by atoms with Gasteiger partial charge < -0.3 is 4.74 Å². The fourth-order valence-electron chi connectivity index (χ4n) is 3.40. The van der Waals surface area contributed by atoms with Gasteiger partial charge in [-0.15, -0.1) is 13.2 Å². The van der Waals surface area contributed by atoms with Gasteiger partial charge in [0.25, 0.3) is 0 Å². The van der Waals surface area contributed by atoms with E-state index in [2.05, 4.69) is 36.1 Å². The van der Waals surface area contributed by atoms with Crippen LogP contribution in [0.5, 0.6) is 5.75 Å². The molecule has 0 amide bonds. The zero-order valence-corrected chi connectivity index (χ0v) is 16.8. The number of halogens is 3. The number of hydrogen-bond donors (Lipinski definition) is 0. The van der Waals surface area contributed by atoms with Gasteiger partial charge >= 0.3 is 6.36 Å². The summed E-state index contributed by atoms with van der Waals surface area (Å²) in [4.78, 5) is 4.83. The largest absolute Gasteiger partial charge is 0.573 e. The minimum Gasteiger partial charge on any atom is -0.406 e. The molecule has 0 aliphatic carbocycles. The van der Waals surface area contributed by atoms with E-state index in [1.807, 2.05) is 42.5 Å². The Balaban J connectivity index is 1.78. The number of benzene rings is 3. The van der Waals surface area contributed by atoms with Crippen molar-refractivity contribution in [3.8, 4) is 22.6 Å². The van der Waals surface area contributed by atoms with Crippen LogP contribution in [-0.2, 0) is 5.41 Å². The molecule has 6 heteroatoms. The molecular formula is C24H20F3N2O. The van der Waals surface area contributed by atoms with Gasteiger partial charge in [-0.05, 0) is 53.6 Å². The molecule has 3 aromatic carbocycles. The molecule has 1 aromatic heterocycles. The number of hydrogen-bond acceptors (Lipinski definition) is 2. The smallest absolute Gasteiger partial charge is 0.406 e. The van der Waals surface area contributed by atoms with Crippen molar-refractivity contribution in [1.82, 2.24) is 9.55 Å². The van der Waals surface area contributed by atoms with Crippen molar-refractivity contribution < 1.29 is 17.9 Å². The summed E-state index contributed by atoms with van der Waals surface area (Å²) >= 11 is 0. The first-order valence-electron chi connectivity index (χ1n) is 9.47. The van der Waals surface area contributed by atoms with E-state index >= 15 is 0 Å². The van der Waals surface area contributed by atoms with Crippen molar-refractivity contribution in [3.05, 3.63) is 78.6 Å². The molecule has 0 N–H and O–H groups in total. The number of ether oxygens (including phenoxy) is 1. The number of fused-ring (bicyclic) bond motifs is 1. The minimum absolute atomic E-state index is 0.189. The average Bonchev–Trinajstić information content (AvgIpc) is 3.08. The van der Waals surface area contributed by atoms with E-state index in [9.17, 15) is 13.2 Å². The third-order valence-corrected chi connectivity index (χ3v) is 4.70. The maximum atomic E-state index is 12.4. The standard InChI is InChI=1S/C24H20F3N2O/c1-23(2,3)22-28-20-9-4-5-10-21(20)29(22)18-8-6-7-17(15-18)16-11-13-19(14-12-16)30-24(25,26)27/h4,6-15H,1-3H3. The summed E-state index contributed by atoms with van der Waals surface area (Å²) in [7, 11) is 0. The van der Waals surface area contributed by atoms with Crippen LogP contribution in [0.2, 0.25) is 0 Å². The fourth-order valence-corrected chi connectivity index (χ4v) is 3.40. The second-order valence-corrected chi connectivity index (χ2v) is 8.06.